The Labute approximate surface area is 108 Å². The molecular formula is C11H13BrN2OS. The first kappa shape index (κ1) is 11.9. The Bertz CT molecular complexity index is 380. The van der Waals surface area contributed by atoms with E-state index in [4.69, 9.17) is 0 Å². The number of hydrogen-bond acceptors (Lipinski definition) is 3. The zero-order chi connectivity index (χ0) is 11.4. The van der Waals surface area contributed by atoms with Gasteiger partial charge < -0.3 is 5.32 Å². The van der Waals surface area contributed by atoms with Gasteiger partial charge in [0.1, 0.15) is 0 Å². The summed E-state index contributed by atoms with van der Waals surface area (Å²) in [5.74, 6) is 2.21. The maximum atomic E-state index is 11.9. The van der Waals surface area contributed by atoms with Crippen LogP contribution in [0.5, 0.6) is 0 Å². The van der Waals surface area contributed by atoms with Crippen LogP contribution in [-0.4, -0.2) is 28.4 Å². The van der Waals surface area contributed by atoms with E-state index in [1.807, 2.05) is 11.8 Å². The van der Waals surface area contributed by atoms with Gasteiger partial charge in [0.05, 0.1) is 5.56 Å². The van der Waals surface area contributed by atoms with Gasteiger partial charge in [-0.15, -0.1) is 0 Å². The molecule has 2 heterocycles. The zero-order valence-corrected chi connectivity index (χ0v) is 11.2. The molecule has 1 aliphatic rings. The molecule has 0 aliphatic carbocycles. The molecule has 1 aromatic rings. The van der Waals surface area contributed by atoms with Gasteiger partial charge in [-0.2, -0.15) is 11.8 Å². The number of nitrogens with one attached hydrogen (secondary N) is 1. The molecule has 1 saturated heterocycles. The third-order valence-electron chi connectivity index (χ3n) is 2.46. The summed E-state index contributed by atoms with van der Waals surface area (Å²) in [6.45, 7) is 0. The van der Waals surface area contributed by atoms with E-state index in [1.54, 1.807) is 18.5 Å². The van der Waals surface area contributed by atoms with Crippen LogP contribution in [0.4, 0.5) is 0 Å². The van der Waals surface area contributed by atoms with E-state index in [9.17, 15) is 4.79 Å². The van der Waals surface area contributed by atoms with Gasteiger partial charge in [0.2, 0.25) is 0 Å². The fraction of sp³-hybridized carbons (Fsp3) is 0.455. The van der Waals surface area contributed by atoms with Crippen molar-refractivity contribution in [2.24, 2.45) is 0 Å². The topological polar surface area (TPSA) is 42.0 Å². The second-order valence-electron chi connectivity index (χ2n) is 3.78. The molecule has 1 amide bonds. The summed E-state index contributed by atoms with van der Waals surface area (Å²) in [7, 11) is 0. The summed E-state index contributed by atoms with van der Waals surface area (Å²) in [6, 6.07) is 2.10. The van der Waals surface area contributed by atoms with Crippen LogP contribution in [0, 0.1) is 0 Å². The van der Waals surface area contributed by atoms with Gasteiger partial charge in [-0.3, -0.25) is 9.78 Å². The van der Waals surface area contributed by atoms with Crippen LogP contribution in [0.3, 0.4) is 0 Å². The van der Waals surface area contributed by atoms with Gasteiger partial charge >= 0.3 is 0 Å². The van der Waals surface area contributed by atoms with Crippen molar-refractivity contribution in [3.63, 3.8) is 0 Å². The first-order chi connectivity index (χ1) is 7.75. The monoisotopic (exact) mass is 300 g/mol. The standard InChI is InChI=1S/C11H13BrN2OS/c12-9-4-8(5-13-6-9)11(15)14-10-2-1-3-16-7-10/h4-6,10H,1-3,7H2,(H,14,15). The Morgan fingerprint density at radius 3 is 3.12 bits per heavy atom. The molecule has 2 rings (SSSR count). The number of pyridine rings is 1. The third kappa shape index (κ3) is 3.22. The molecule has 1 aliphatic heterocycles. The second-order valence-corrected chi connectivity index (χ2v) is 5.84. The normalized spacial score (nSPS) is 20.4. The maximum absolute atomic E-state index is 11.9. The Morgan fingerprint density at radius 1 is 1.56 bits per heavy atom. The smallest absolute Gasteiger partial charge is 0.253 e. The molecule has 1 fully saturated rings. The first-order valence-electron chi connectivity index (χ1n) is 5.25. The lowest BCUT2D eigenvalue weighted by molar-refractivity contribution is 0.0938. The lowest BCUT2D eigenvalue weighted by Crippen LogP contribution is -2.38. The number of hydrogen-bond donors (Lipinski definition) is 1. The summed E-state index contributed by atoms with van der Waals surface area (Å²) in [5.41, 5.74) is 0.616. The number of halogens is 1. The first-order valence-corrected chi connectivity index (χ1v) is 7.19. The summed E-state index contributed by atoms with van der Waals surface area (Å²) in [5, 5.41) is 3.04. The molecule has 0 spiro atoms. The number of amides is 1. The van der Waals surface area contributed by atoms with Gasteiger partial charge in [0.25, 0.3) is 5.91 Å². The highest BCUT2D eigenvalue weighted by Crippen LogP contribution is 2.17. The highest BCUT2D eigenvalue weighted by molar-refractivity contribution is 9.10. The number of nitrogens with zero attached hydrogens (tertiary/aromatic N) is 1. The van der Waals surface area contributed by atoms with Gasteiger partial charge in [-0.25, -0.2) is 0 Å². The van der Waals surface area contributed by atoms with Crippen LogP contribution in [0.2, 0.25) is 0 Å². The van der Waals surface area contributed by atoms with Crippen LogP contribution < -0.4 is 5.32 Å². The molecule has 1 aromatic heterocycles. The summed E-state index contributed by atoms with van der Waals surface area (Å²) >= 11 is 5.21. The Kier molecular flexibility index (Phi) is 4.23. The van der Waals surface area contributed by atoms with Crippen molar-refractivity contribution in [1.29, 1.82) is 0 Å². The second kappa shape index (κ2) is 5.68. The fourth-order valence-corrected chi connectivity index (χ4v) is 3.10. The Morgan fingerprint density at radius 2 is 2.44 bits per heavy atom. The highest BCUT2D eigenvalue weighted by Gasteiger charge is 2.17. The van der Waals surface area contributed by atoms with E-state index in [2.05, 4.69) is 26.2 Å². The molecule has 0 radical (unpaired) electrons. The largest absolute Gasteiger partial charge is 0.348 e. The van der Waals surface area contributed by atoms with E-state index in [1.165, 1.54) is 12.2 Å². The van der Waals surface area contributed by atoms with Crippen molar-refractivity contribution in [3.8, 4) is 0 Å². The molecule has 0 saturated carbocycles. The fourth-order valence-electron chi connectivity index (χ4n) is 1.66. The SMILES string of the molecule is O=C(NC1CCCSC1)c1cncc(Br)c1. The molecule has 86 valence electrons. The molecule has 5 heteroatoms. The van der Waals surface area contributed by atoms with Crippen molar-refractivity contribution in [3.05, 3.63) is 28.5 Å². The minimum absolute atomic E-state index is 0.0266. The summed E-state index contributed by atoms with van der Waals surface area (Å²) in [6.07, 6.45) is 5.54. The highest BCUT2D eigenvalue weighted by atomic mass is 79.9. The Hall–Kier alpha value is -0.550. The number of rotatable bonds is 2. The van der Waals surface area contributed by atoms with Crippen molar-refractivity contribution < 1.29 is 4.79 Å². The quantitative estimate of drug-likeness (QED) is 0.912. The summed E-state index contributed by atoms with van der Waals surface area (Å²) in [4.78, 5) is 15.9. The zero-order valence-electron chi connectivity index (χ0n) is 8.78. The van der Waals surface area contributed by atoms with Gasteiger partial charge in [0, 0.05) is 28.7 Å². The number of thioether (sulfide) groups is 1. The van der Waals surface area contributed by atoms with Crippen LogP contribution in [0.15, 0.2) is 22.9 Å². The molecular weight excluding hydrogens is 288 g/mol. The molecule has 3 nitrogen and oxygen atoms in total. The van der Waals surface area contributed by atoms with Gasteiger partial charge in [-0.05, 0) is 40.6 Å². The third-order valence-corrected chi connectivity index (χ3v) is 4.11. The van der Waals surface area contributed by atoms with Crippen LogP contribution in [-0.2, 0) is 0 Å². The van der Waals surface area contributed by atoms with Crippen molar-refractivity contribution in [2.75, 3.05) is 11.5 Å². The molecule has 1 atom stereocenters. The Balaban J connectivity index is 1.97. The van der Waals surface area contributed by atoms with Crippen LogP contribution in [0.1, 0.15) is 23.2 Å². The molecule has 0 aromatic carbocycles. The lowest BCUT2D eigenvalue weighted by atomic mass is 10.1. The van der Waals surface area contributed by atoms with E-state index >= 15 is 0 Å². The lowest BCUT2D eigenvalue weighted by Gasteiger charge is -2.22. The number of carbonyl (C=O) groups is 1. The number of carbonyl (C=O) groups excluding carboxylic acids is 1. The average molecular weight is 301 g/mol. The van der Waals surface area contributed by atoms with Crippen molar-refractivity contribution in [2.45, 2.75) is 18.9 Å². The minimum Gasteiger partial charge on any atom is -0.348 e. The van der Waals surface area contributed by atoms with Crippen molar-refractivity contribution >= 4 is 33.6 Å². The number of aromatic nitrogens is 1. The van der Waals surface area contributed by atoms with Gasteiger partial charge in [-0.1, -0.05) is 0 Å². The van der Waals surface area contributed by atoms with Crippen LogP contribution >= 0.6 is 27.7 Å². The molecule has 1 N–H and O–H groups in total. The molecule has 1 unspecified atom stereocenters. The van der Waals surface area contributed by atoms with E-state index in [0.717, 1.165) is 16.6 Å². The van der Waals surface area contributed by atoms with E-state index in [-0.39, 0.29) is 5.91 Å². The maximum Gasteiger partial charge on any atom is 0.253 e. The van der Waals surface area contributed by atoms with E-state index in [0.29, 0.717) is 11.6 Å². The predicted octanol–water partition coefficient (Wildman–Crippen LogP) is 2.47. The minimum atomic E-state index is -0.0266. The molecule has 16 heavy (non-hydrogen) atoms. The predicted molar refractivity (Wildman–Crippen MR) is 69.8 cm³/mol. The van der Waals surface area contributed by atoms with E-state index < -0.39 is 0 Å². The summed E-state index contributed by atoms with van der Waals surface area (Å²) < 4.78 is 0.832. The van der Waals surface area contributed by atoms with Gasteiger partial charge in [0.15, 0.2) is 0 Å². The van der Waals surface area contributed by atoms with Crippen molar-refractivity contribution in [1.82, 2.24) is 10.3 Å². The average Bonchev–Trinajstić information content (AvgIpc) is 2.30. The molecule has 0 bridgehead atoms. The van der Waals surface area contributed by atoms with Crippen LogP contribution in [0.25, 0.3) is 0 Å².